The molecule has 0 spiro atoms. The molecule has 5 heteroatoms. The predicted octanol–water partition coefficient (Wildman–Crippen LogP) is 5.53. The van der Waals surface area contributed by atoms with Crippen LogP contribution in [0.5, 0.6) is 0 Å². The molecular formula is C27H44N2O3. The van der Waals surface area contributed by atoms with Crippen LogP contribution in [0.3, 0.4) is 0 Å². The second-order valence-electron chi connectivity index (χ2n) is 12.1. The average Bonchev–Trinajstić information content (AvgIpc) is 3.08. The van der Waals surface area contributed by atoms with Gasteiger partial charge in [-0.2, -0.15) is 0 Å². The first-order valence-electron chi connectivity index (χ1n) is 12.9. The number of ether oxygens (including phenoxy) is 1. The minimum absolute atomic E-state index is 0.0428. The summed E-state index contributed by atoms with van der Waals surface area (Å²) in [5, 5.41) is 0. The number of amides is 2. The van der Waals surface area contributed by atoms with Crippen LogP contribution < -0.4 is 5.73 Å². The Morgan fingerprint density at radius 3 is 2.59 bits per heavy atom. The first-order chi connectivity index (χ1) is 15.1. The van der Waals surface area contributed by atoms with Crippen molar-refractivity contribution >= 4 is 12.0 Å². The van der Waals surface area contributed by atoms with Crippen molar-refractivity contribution in [2.45, 2.75) is 91.1 Å². The van der Waals surface area contributed by atoms with Crippen molar-refractivity contribution in [3.05, 3.63) is 11.6 Å². The van der Waals surface area contributed by atoms with Gasteiger partial charge in [0.05, 0.1) is 0 Å². The summed E-state index contributed by atoms with van der Waals surface area (Å²) in [6.45, 7) is 7.46. The molecule has 32 heavy (non-hydrogen) atoms. The summed E-state index contributed by atoms with van der Waals surface area (Å²) in [7, 11) is 3.72. The van der Waals surface area contributed by atoms with Crippen molar-refractivity contribution in [1.29, 1.82) is 0 Å². The van der Waals surface area contributed by atoms with Crippen LogP contribution in [0.25, 0.3) is 0 Å². The van der Waals surface area contributed by atoms with Gasteiger partial charge in [-0.1, -0.05) is 32.4 Å². The highest BCUT2D eigenvalue weighted by Crippen LogP contribution is 2.67. The van der Waals surface area contributed by atoms with Crippen molar-refractivity contribution in [3.8, 4) is 0 Å². The van der Waals surface area contributed by atoms with Gasteiger partial charge in [0.25, 0.3) is 0 Å². The lowest BCUT2D eigenvalue weighted by molar-refractivity contribution is -0.129. The van der Waals surface area contributed by atoms with Crippen LogP contribution in [0, 0.1) is 40.4 Å². The third kappa shape index (κ3) is 3.98. The molecule has 4 aliphatic carbocycles. The lowest BCUT2D eigenvalue weighted by Crippen LogP contribution is -2.51. The van der Waals surface area contributed by atoms with E-state index in [4.69, 9.17) is 10.5 Å². The number of rotatable bonds is 5. The second-order valence-corrected chi connectivity index (χ2v) is 12.1. The Morgan fingerprint density at radius 1 is 1.16 bits per heavy atom. The highest BCUT2D eigenvalue weighted by molar-refractivity contribution is 5.75. The zero-order valence-corrected chi connectivity index (χ0v) is 20.9. The maximum absolute atomic E-state index is 12.1. The minimum atomic E-state index is -0.639. The van der Waals surface area contributed by atoms with E-state index in [1.807, 2.05) is 14.1 Å². The van der Waals surface area contributed by atoms with Crippen molar-refractivity contribution < 1.29 is 14.3 Å². The zero-order chi connectivity index (χ0) is 23.3. The minimum Gasteiger partial charge on any atom is -0.446 e. The van der Waals surface area contributed by atoms with Gasteiger partial charge < -0.3 is 15.4 Å². The smallest absolute Gasteiger partial charge is 0.404 e. The fourth-order valence-electron chi connectivity index (χ4n) is 8.64. The zero-order valence-electron chi connectivity index (χ0n) is 20.9. The molecule has 0 heterocycles. The van der Waals surface area contributed by atoms with Crippen LogP contribution in [0.1, 0.15) is 85.0 Å². The average molecular weight is 445 g/mol. The molecule has 2 N–H and O–H groups in total. The van der Waals surface area contributed by atoms with Crippen molar-refractivity contribution in [1.82, 2.24) is 4.90 Å². The summed E-state index contributed by atoms with van der Waals surface area (Å²) in [6.07, 6.45) is 12.9. The first kappa shape index (κ1) is 23.6. The number of fused-ring (bicyclic) bond motifs is 5. The molecule has 4 aliphatic rings. The van der Waals surface area contributed by atoms with Crippen LogP contribution in [-0.2, 0) is 9.53 Å². The van der Waals surface area contributed by atoms with E-state index in [0.29, 0.717) is 17.8 Å². The highest BCUT2D eigenvalue weighted by Gasteiger charge is 2.59. The summed E-state index contributed by atoms with van der Waals surface area (Å²) < 4.78 is 5.37. The standard InChI is InChI=1S/C27H44N2O3/c1-17(6-11-24(30)29(4)5)21-9-10-22-20-8-7-18-16-19(32-25(28)31)12-14-26(18,2)23(20)13-15-27(21,22)3/h7,17,19-23H,6,8-16H2,1-5H3,(H2,28,31)/t17-,19+,20+,21-,22+,23+,26+,27-/m1/s1. The van der Waals surface area contributed by atoms with E-state index < -0.39 is 6.09 Å². The van der Waals surface area contributed by atoms with Gasteiger partial charge in [-0.25, -0.2) is 4.79 Å². The summed E-state index contributed by atoms with van der Waals surface area (Å²) in [6, 6.07) is 0. The van der Waals surface area contributed by atoms with E-state index >= 15 is 0 Å². The molecule has 8 atom stereocenters. The van der Waals surface area contributed by atoms with Crippen LogP contribution in [0.15, 0.2) is 11.6 Å². The van der Waals surface area contributed by atoms with Gasteiger partial charge in [0.1, 0.15) is 6.10 Å². The lowest BCUT2D eigenvalue weighted by atomic mass is 9.47. The van der Waals surface area contributed by atoms with Gasteiger partial charge in [0, 0.05) is 26.9 Å². The van der Waals surface area contributed by atoms with Crippen LogP contribution in [-0.4, -0.2) is 37.1 Å². The Balaban J connectivity index is 1.47. The molecule has 0 aromatic heterocycles. The van der Waals surface area contributed by atoms with E-state index in [1.54, 1.807) is 4.90 Å². The Kier molecular flexibility index (Phi) is 6.41. The van der Waals surface area contributed by atoms with Gasteiger partial charge >= 0.3 is 6.09 Å². The molecule has 0 saturated heterocycles. The molecule has 4 rings (SSSR count). The third-order valence-electron chi connectivity index (χ3n) is 10.4. The number of carbonyl (C=O) groups excluding carboxylic acids is 2. The number of carbonyl (C=O) groups is 2. The molecule has 0 aromatic rings. The summed E-state index contributed by atoms with van der Waals surface area (Å²) >= 11 is 0. The maximum Gasteiger partial charge on any atom is 0.404 e. The number of allylic oxidation sites excluding steroid dienone is 1. The molecular weight excluding hydrogens is 400 g/mol. The van der Waals surface area contributed by atoms with Crippen LogP contribution in [0.2, 0.25) is 0 Å². The number of primary amides is 1. The van der Waals surface area contributed by atoms with Gasteiger partial charge in [0.2, 0.25) is 5.91 Å². The number of nitrogens with zero attached hydrogens (tertiary/aromatic N) is 1. The fraction of sp³-hybridized carbons (Fsp3) is 0.852. The summed E-state index contributed by atoms with van der Waals surface area (Å²) in [5.41, 5.74) is 7.48. The molecule has 0 aromatic carbocycles. The quantitative estimate of drug-likeness (QED) is 0.566. The van der Waals surface area contributed by atoms with Gasteiger partial charge in [-0.05, 0) is 91.8 Å². The van der Waals surface area contributed by atoms with Crippen LogP contribution in [0.4, 0.5) is 4.79 Å². The molecule has 180 valence electrons. The van der Waals surface area contributed by atoms with Gasteiger partial charge in [0.15, 0.2) is 0 Å². The maximum atomic E-state index is 12.1. The Labute approximate surface area is 194 Å². The molecule has 3 saturated carbocycles. The van der Waals surface area contributed by atoms with E-state index in [-0.39, 0.29) is 17.4 Å². The van der Waals surface area contributed by atoms with E-state index in [0.717, 1.165) is 49.4 Å². The molecule has 3 fully saturated rings. The van der Waals surface area contributed by atoms with Crippen molar-refractivity contribution in [3.63, 3.8) is 0 Å². The lowest BCUT2D eigenvalue weighted by Gasteiger charge is -2.58. The largest absolute Gasteiger partial charge is 0.446 e. The molecule has 5 nitrogen and oxygen atoms in total. The highest BCUT2D eigenvalue weighted by atomic mass is 16.6. The predicted molar refractivity (Wildman–Crippen MR) is 127 cm³/mol. The SMILES string of the molecule is C[C@H](CCC(=O)N(C)C)[C@H]1CC[C@H]2[C@@H]3CC=C4C[C@@H](OC(N)=O)CC[C@]4(C)[C@H]3CC[C@]12C. The topological polar surface area (TPSA) is 72.6 Å². The Bertz CT molecular complexity index is 777. The van der Waals surface area contributed by atoms with E-state index in [9.17, 15) is 9.59 Å². The summed E-state index contributed by atoms with van der Waals surface area (Å²) in [5.74, 6) is 3.93. The molecule has 0 bridgehead atoms. The molecule has 0 unspecified atom stereocenters. The van der Waals surface area contributed by atoms with Gasteiger partial charge in [-0.3, -0.25) is 4.79 Å². The number of hydrogen-bond donors (Lipinski definition) is 1. The van der Waals surface area contributed by atoms with E-state index in [2.05, 4.69) is 26.8 Å². The molecule has 2 amide bonds. The fourth-order valence-corrected chi connectivity index (χ4v) is 8.64. The molecule has 0 radical (unpaired) electrons. The van der Waals surface area contributed by atoms with Crippen molar-refractivity contribution in [2.75, 3.05) is 14.1 Å². The molecule has 0 aliphatic heterocycles. The Hall–Kier alpha value is -1.52. The first-order valence-corrected chi connectivity index (χ1v) is 12.9. The monoisotopic (exact) mass is 444 g/mol. The van der Waals surface area contributed by atoms with E-state index in [1.165, 1.54) is 37.7 Å². The normalized spacial score (nSPS) is 41.5. The Morgan fingerprint density at radius 2 is 1.91 bits per heavy atom. The van der Waals surface area contributed by atoms with Crippen LogP contribution >= 0.6 is 0 Å². The third-order valence-corrected chi connectivity index (χ3v) is 10.4. The summed E-state index contributed by atoms with van der Waals surface area (Å²) in [4.78, 5) is 25.1. The van der Waals surface area contributed by atoms with Crippen molar-refractivity contribution in [2.24, 2.45) is 46.2 Å². The number of nitrogens with two attached hydrogens (primary N) is 1. The van der Waals surface area contributed by atoms with Gasteiger partial charge in [-0.15, -0.1) is 0 Å². The number of hydrogen-bond acceptors (Lipinski definition) is 3. The second kappa shape index (κ2) is 8.68.